The molecule has 1 aliphatic rings. The van der Waals surface area contributed by atoms with Gasteiger partial charge in [-0.3, -0.25) is 4.79 Å². The Morgan fingerprint density at radius 2 is 1.82 bits per heavy atom. The van der Waals surface area contributed by atoms with Crippen LogP contribution in [0.25, 0.3) is 11.5 Å². The molecule has 9 heteroatoms. The van der Waals surface area contributed by atoms with Crippen molar-refractivity contribution in [3.8, 4) is 11.5 Å². The molecule has 33 heavy (non-hydrogen) atoms. The van der Waals surface area contributed by atoms with Crippen molar-refractivity contribution in [3.05, 3.63) is 54.4 Å². The molecule has 3 heterocycles. The van der Waals surface area contributed by atoms with Crippen LogP contribution in [-0.2, 0) is 0 Å². The Morgan fingerprint density at radius 1 is 1.09 bits per heavy atom. The van der Waals surface area contributed by atoms with Crippen molar-refractivity contribution in [1.82, 2.24) is 14.9 Å². The third-order valence-corrected chi connectivity index (χ3v) is 5.57. The second kappa shape index (κ2) is 11.0. The molecular formula is C24H31ClN6O2. The van der Waals surface area contributed by atoms with Crippen molar-refractivity contribution in [2.24, 2.45) is 0 Å². The van der Waals surface area contributed by atoms with Crippen LogP contribution < -0.4 is 15.1 Å². The van der Waals surface area contributed by atoms with Crippen LogP contribution in [0.1, 0.15) is 23.7 Å². The Hall–Kier alpha value is -3.26. The molecule has 1 N–H and O–H groups in total. The lowest BCUT2D eigenvalue weighted by Crippen LogP contribution is -2.47. The molecule has 0 unspecified atom stereocenters. The van der Waals surface area contributed by atoms with Crippen molar-refractivity contribution >= 4 is 35.6 Å². The number of amides is 1. The highest BCUT2D eigenvalue weighted by molar-refractivity contribution is 5.98. The number of nitrogens with one attached hydrogen (secondary N) is 1. The number of oxazole rings is 1. The van der Waals surface area contributed by atoms with Crippen molar-refractivity contribution in [1.29, 1.82) is 0 Å². The maximum absolute atomic E-state index is 12.6. The smallest absolute Gasteiger partial charge is 0.257 e. The number of pyridine rings is 1. The number of nitrogens with zero attached hydrogens (tertiary/aromatic N) is 5. The number of carbonyl (C=O) groups excluding carboxylic acids is 1. The number of benzene rings is 1. The molecule has 0 saturated carbocycles. The van der Waals surface area contributed by atoms with E-state index in [-0.39, 0.29) is 18.3 Å². The van der Waals surface area contributed by atoms with E-state index in [2.05, 4.69) is 33.1 Å². The van der Waals surface area contributed by atoms with E-state index in [9.17, 15) is 4.79 Å². The number of para-hydroxylation sites is 1. The summed E-state index contributed by atoms with van der Waals surface area (Å²) in [6.45, 7) is 6.25. The number of piperazine rings is 1. The predicted octanol–water partition coefficient (Wildman–Crippen LogP) is 4.01. The number of hydrogen-bond donors (Lipinski definition) is 1. The van der Waals surface area contributed by atoms with Gasteiger partial charge in [0.05, 0.1) is 17.3 Å². The third-order valence-electron chi connectivity index (χ3n) is 5.57. The number of anilines is 3. The molecule has 0 aliphatic carbocycles. The molecule has 1 aliphatic heterocycles. The fourth-order valence-corrected chi connectivity index (χ4v) is 3.88. The van der Waals surface area contributed by atoms with Crippen molar-refractivity contribution in [3.63, 3.8) is 0 Å². The summed E-state index contributed by atoms with van der Waals surface area (Å²) in [7, 11) is 3.52. The van der Waals surface area contributed by atoms with Crippen LogP contribution in [0.5, 0.6) is 0 Å². The molecule has 1 fully saturated rings. The lowest BCUT2D eigenvalue weighted by atomic mass is 10.1. The summed E-state index contributed by atoms with van der Waals surface area (Å²) in [6.07, 6.45) is 4.24. The molecule has 0 atom stereocenters. The van der Waals surface area contributed by atoms with E-state index in [1.807, 2.05) is 30.3 Å². The van der Waals surface area contributed by atoms with Crippen LogP contribution in [0.4, 0.5) is 17.3 Å². The summed E-state index contributed by atoms with van der Waals surface area (Å²) in [5.74, 6) is 2.13. The molecule has 0 radical (unpaired) electrons. The SMILES string of the molecule is CCCNc1nc(N2CCN(c3ccccc3-c3ncco3)CC2)ccc1C(=O)N(C)C.Cl. The van der Waals surface area contributed by atoms with Crippen LogP contribution in [0.3, 0.4) is 0 Å². The second-order valence-electron chi connectivity index (χ2n) is 8.02. The van der Waals surface area contributed by atoms with Gasteiger partial charge in [0.2, 0.25) is 5.89 Å². The average Bonchev–Trinajstić information content (AvgIpc) is 3.37. The minimum atomic E-state index is -0.0457. The zero-order chi connectivity index (χ0) is 22.5. The number of aromatic nitrogens is 2. The lowest BCUT2D eigenvalue weighted by Gasteiger charge is -2.37. The highest BCUT2D eigenvalue weighted by atomic mass is 35.5. The number of hydrogen-bond acceptors (Lipinski definition) is 7. The van der Waals surface area contributed by atoms with E-state index < -0.39 is 0 Å². The van der Waals surface area contributed by atoms with Crippen LogP contribution >= 0.6 is 12.4 Å². The van der Waals surface area contributed by atoms with Crippen molar-refractivity contribution in [2.45, 2.75) is 13.3 Å². The molecule has 0 spiro atoms. The van der Waals surface area contributed by atoms with Gasteiger partial charge in [0.25, 0.3) is 5.91 Å². The fraction of sp³-hybridized carbons (Fsp3) is 0.375. The van der Waals surface area contributed by atoms with Crippen LogP contribution in [0.15, 0.2) is 53.3 Å². The minimum Gasteiger partial charge on any atom is -0.444 e. The lowest BCUT2D eigenvalue weighted by molar-refractivity contribution is 0.0828. The molecule has 3 aromatic rings. The maximum atomic E-state index is 12.6. The van der Waals surface area contributed by atoms with Crippen LogP contribution in [0, 0.1) is 0 Å². The summed E-state index contributed by atoms with van der Waals surface area (Å²) in [5.41, 5.74) is 2.73. The van der Waals surface area contributed by atoms with E-state index in [0.29, 0.717) is 17.3 Å². The molecule has 1 aromatic carbocycles. The molecule has 4 rings (SSSR count). The average molecular weight is 471 g/mol. The van der Waals surface area contributed by atoms with E-state index >= 15 is 0 Å². The molecule has 2 aromatic heterocycles. The fourth-order valence-electron chi connectivity index (χ4n) is 3.88. The van der Waals surface area contributed by atoms with Gasteiger partial charge in [-0.15, -0.1) is 12.4 Å². The highest BCUT2D eigenvalue weighted by Gasteiger charge is 2.23. The summed E-state index contributed by atoms with van der Waals surface area (Å²) in [5, 5.41) is 3.32. The number of halogens is 1. The van der Waals surface area contributed by atoms with Gasteiger partial charge in [-0.2, -0.15) is 0 Å². The molecule has 8 nitrogen and oxygen atoms in total. The molecular weight excluding hydrogens is 440 g/mol. The first-order valence-electron chi connectivity index (χ1n) is 11.0. The standard InChI is InChI=1S/C24H30N6O2.ClH/c1-4-11-25-22-19(24(31)28(2)3)9-10-21(27-22)30-15-13-29(14-16-30)20-8-6-5-7-18(20)23-26-12-17-32-23;/h5-10,12,17H,4,11,13-16H2,1-3H3,(H,25,27);1H. The van der Waals surface area contributed by atoms with Gasteiger partial charge in [0.1, 0.15) is 17.9 Å². The van der Waals surface area contributed by atoms with Gasteiger partial charge in [-0.05, 0) is 30.7 Å². The number of carbonyl (C=O) groups is 1. The van der Waals surface area contributed by atoms with Gasteiger partial charge >= 0.3 is 0 Å². The van der Waals surface area contributed by atoms with E-state index in [1.165, 1.54) is 0 Å². The maximum Gasteiger partial charge on any atom is 0.257 e. The minimum absolute atomic E-state index is 0. The van der Waals surface area contributed by atoms with Crippen LogP contribution in [-0.4, -0.2) is 67.6 Å². The number of rotatable bonds is 7. The molecule has 176 valence electrons. The molecule has 1 amide bonds. The normalized spacial score (nSPS) is 13.4. The summed E-state index contributed by atoms with van der Waals surface area (Å²) in [4.78, 5) is 27.9. The Bertz CT molecular complexity index is 1050. The second-order valence-corrected chi connectivity index (χ2v) is 8.02. The van der Waals surface area contributed by atoms with Gasteiger partial charge in [-0.25, -0.2) is 9.97 Å². The Balaban J connectivity index is 0.00000306. The van der Waals surface area contributed by atoms with Gasteiger partial charge in [0, 0.05) is 52.5 Å². The summed E-state index contributed by atoms with van der Waals surface area (Å²) in [6, 6.07) is 12.0. The Kier molecular flexibility index (Phi) is 8.16. The first kappa shape index (κ1) is 24.4. The Labute approximate surface area is 201 Å². The van der Waals surface area contributed by atoms with Gasteiger partial charge < -0.3 is 24.4 Å². The zero-order valence-corrected chi connectivity index (χ0v) is 20.1. The zero-order valence-electron chi connectivity index (χ0n) is 19.3. The van der Waals surface area contributed by atoms with Crippen molar-refractivity contribution < 1.29 is 9.21 Å². The summed E-state index contributed by atoms with van der Waals surface area (Å²) >= 11 is 0. The van der Waals surface area contributed by atoms with Gasteiger partial charge in [0.15, 0.2) is 0 Å². The molecule has 0 bridgehead atoms. The van der Waals surface area contributed by atoms with Crippen LogP contribution in [0.2, 0.25) is 0 Å². The predicted molar refractivity (Wildman–Crippen MR) is 135 cm³/mol. The Morgan fingerprint density at radius 3 is 2.48 bits per heavy atom. The first-order valence-corrected chi connectivity index (χ1v) is 11.0. The van der Waals surface area contributed by atoms with E-state index in [0.717, 1.165) is 56.2 Å². The first-order chi connectivity index (χ1) is 15.6. The monoisotopic (exact) mass is 470 g/mol. The van der Waals surface area contributed by atoms with E-state index in [4.69, 9.17) is 9.40 Å². The van der Waals surface area contributed by atoms with Crippen molar-refractivity contribution in [2.75, 3.05) is 61.9 Å². The van der Waals surface area contributed by atoms with Gasteiger partial charge in [-0.1, -0.05) is 19.1 Å². The van der Waals surface area contributed by atoms with E-state index in [1.54, 1.807) is 31.5 Å². The topological polar surface area (TPSA) is 77.7 Å². The summed E-state index contributed by atoms with van der Waals surface area (Å²) < 4.78 is 5.54. The largest absolute Gasteiger partial charge is 0.444 e. The third kappa shape index (κ3) is 5.39. The molecule has 1 saturated heterocycles. The highest BCUT2D eigenvalue weighted by Crippen LogP contribution is 2.31. The quantitative estimate of drug-likeness (QED) is 0.559.